The van der Waals surface area contributed by atoms with Gasteiger partial charge in [0.2, 0.25) is 0 Å². The van der Waals surface area contributed by atoms with Crippen molar-refractivity contribution in [3.63, 3.8) is 0 Å². The molecule has 0 amide bonds. The van der Waals surface area contributed by atoms with E-state index in [1.54, 1.807) is 7.11 Å². The summed E-state index contributed by atoms with van der Waals surface area (Å²) in [4.78, 5) is 12.8. The topological polar surface area (TPSA) is 55.8 Å². The largest absolute Gasteiger partial charge is 0.497 e. The highest BCUT2D eigenvalue weighted by Gasteiger charge is 2.63. The number of aliphatic hydroxyl groups is 1. The Hall–Kier alpha value is -1.55. The van der Waals surface area contributed by atoms with Gasteiger partial charge in [-0.15, -0.1) is 0 Å². The molecule has 32 heavy (non-hydrogen) atoms. The highest BCUT2D eigenvalue weighted by atomic mass is 16.6. The molecule has 0 heterocycles. The summed E-state index contributed by atoms with van der Waals surface area (Å²) >= 11 is 0. The quantitative estimate of drug-likeness (QED) is 0.589. The lowest BCUT2D eigenvalue weighted by Crippen LogP contribution is -2.49. The lowest BCUT2D eigenvalue weighted by atomic mass is 9.55. The average Bonchev–Trinajstić information content (AvgIpc) is 3.37. The van der Waals surface area contributed by atoms with Gasteiger partial charge in [0.15, 0.2) is 0 Å². The van der Waals surface area contributed by atoms with E-state index in [1.165, 1.54) is 36.8 Å². The molecule has 3 saturated carbocycles. The molecule has 4 aliphatic carbocycles. The van der Waals surface area contributed by atoms with Crippen molar-refractivity contribution in [3.8, 4) is 5.75 Å². The zero-order valence-corrected chi connectivity index (χ0v) is 20.1. The summed E-state index contributed by atoms with van der Waals surface area (Å²) in [5.74, 6) is 2.99. The van der Waals surface area contributed by atoms with E-state index in [0.29, 0.717) is 30.1 Å². The van der Waals surface area contributed by atoms with Crippen LogP contribution in [-0.4, -0.2) is 29.9 Å². The second kappa shape index (κ2) is 8.34. The molecule has 1 aromatic rings. The summed E-state index contributed by atoms with van der Waals surface area (Å²) in [5.41, 5.74) is 1.81. The van der Waals surface area contributed by atoms with Crippen molar-refractivity contribution in [3.05, 3.63) is 29.3 Å². The molecule has 0 aliphatic heterocycles. The van der Waals surface area contributed by atoms with Crippen molar-refractivity contribution in [2.75, 3.05) is 7.11 Å². The molecule has 0 bridgehead atoms. The van der Waals surface area contributed by atoms with Gasteiger partial charge in [-0.3, -0.25) is 4.79 Å². The van der Waals surface area contributed by atoms with Crippen molar-refractivity contribution >= 4 is 5.97 Å². The Bertz CT molecular complexity index is 855. The van der Waals surface area contributed by atoms with E-state index in [9.17, 15) is 9.90 Å². The van der Waals surface area contributed by atoms with Crippen LogP contribution in [0.3, 0.4) is 0 Å². The summed E-state index contributed by atoms with van der Waals surface area (Å²) in [7, 11) is 1.73. The monoisotopic (exact) mass is 440 g/mol. The minimum absolute atomic E-state index is 0.104. The molecular weight excluding hydrogens is 400 g/mol. The van der Waals surface area contributed by atoms with Gasteiger partial charge in [0.1, 0.15) is 11.9 Å². The van der Waals surface area contributed by atoms with E-state index in [-0.39, 0.29) is 11.4 Å². The van der Waals surface area contributed by atoms with Gasteiger partial charge in [-0.2, -0.15) is 0 Å². The van der Waals surface area contributed by atoms with Crippen LogP contribution in [0.1, 0.15) is 95.1 Å². The average molecular weight is 441 g/mol. The van der Waals surface area contributed by atoms with Crippen molar-refractivity contribution in [2.45, 2.75) is 102 Å². The third-order valence-electron chi connectivity index (χ3n) is 9.65. The molecule has 1 aromatic carbocycles. The molecule has 176 valence electrons. The second-order valence-corrected chi connectivity index (χ2v) is 11.6. The van der Waals surface area contributed by atoms with E-state index < -0.39 is 11.7 Å². The Morgan fingerprint density at radius 1 is 1.16 bits per heavy atom. The third-order valence-corrected chi connectivity index (χ3v) is 9.65. The molecule has 0 spiro atoms. The van der Waals surface area contributed by atoms with E-state index >= 15 is 0 Å². The summed E-state index contributed by atoms with van der Waals surface area (Å²) in [5, 5.41) is 11.4. The van der Waals surface area contributed by atoms with E-state index in [1.807, 2.05) is 6.92 Å². The van der Waals surface area contributed by atoms with Gasteiger partial charge in [0.05, 0.1) is 12.7 Å². The summed E-state index contributed by atoms with van der Waals surface area (Å²) in [6.07, 6.45) is 11.2. The maximum Gasteiger partial charge on any atom is 0.306 e. The van der Waals surface area contributed by atoms with Crippen LogP contribution in [0.15, 0.2) is 18.2 Å². The first kappa shape index (κ1) is 22.3. The highest BCUT2D eigenvalue weighted by molar-refractivity contribution is 5.69. The molecule has 0 aromatic heterocycles. The molecule has 6 unspecified atom stereocenters. The smallest absolute Gasteiger partial charge is 0.306 e. The molecule has 6 atom stereocenters. The lowest BCUT2D eigenvalue weighted by molar-refractivity contribution is -0.173. The van der Waals surface area contributed by atoms with Crippen molar-refractivity contribution in [2.24, 2.45) is 23.2 Å². The first-order chi connectivity index (χ1) is 15.3. The fourth-order valence-electron chi connectivity index (χ4n) is 8.08. The number of benzene rings is 1. The Balaban J connectivity index is 1.32. The van der Waals surface area contributed by atoms with Crippen molar-refractivity contribution < 1.29 is 19.4 Å². The maximum absolute atomic E-state index is 12.8. The number of carbonyl (C=O) groups is 1. The first-order valence-corrected chi connectivity index (χ1v) is 12.9. The molecule has 4 aliphatic rings. The predicted molar refractivity (Wildman–Crippen MR) is 125 cm³/mol. The molecule has 0 saturated heterocycles. The van der Waals surface area contributed by atoms with Gasteiger partial charge in [-0.1, -0.05) is 38.7 Å². The number of fused-ring (bicyclic) bond motifs is 5. The van der Waals surface area contributed by atoms with E-state index in [2.05, 4.69) is 25.1 Å². The molecular formula is C28H40O4. The molecule has 3 fully saturated rings. The first-order valence-electron chi connectivity index (χ1n) is 12.9. The summed E-state index contributed by atoms with van der Waals surface area (Å²) in [6, 6.07) is 6.56. The number of hydrogen-bond acceptors (Lipinski definition) is 4. The normalized spacial score (nSPS) is 38.6. The molecule has 5 rings (SSSR count). The summed E-state index contributed by atoms with van der Waals surface area (Å²) < 4.78 is 11.6. The van der Waals surface area contributed by atoms with Crippen LogP contribution in [0.5, 0.6) is 5.75 Å². The van der Waals surface area contributed by atoms with Crippen LogP contribution in [0.2, 0.25) is 0 Å². The third kappa shape index (κ3) is 3.77. The number of carbonyl (C=O) groups excluding carboxylic acids is 1. The van der Waals surface area contributed by atoms with Crippen molar-refractivity contribution in [1.29, 1.82) is 0 Å². The number of rotatable bonds is 5. The fourth-order valence-corrected chi connectivity index (χ4v) is 8.08. The van der Waals surface area contributed by atoms with Gasteiger partial charge < -0.3 is 14.6 Å². The van der Waals surface area contributed by atoms with Gasteiger partial charge in [-0.25, -0.2) is 0 Å². The zero-order valence-electron chi connectivity index (χ0n) is 20.1. The van der Waals surface area contributed by atoms with Gasteiger partial charge in [0, 0.05) is 11.8 Å². The minimum Gasteiger partial charge on any atom is -0.497 e. The van der Waals surface area contributed by atoms with Crippen LogP contribution in [0, 0.1) is 23.2 Å². The van der Waals surface area contributed by atoms with Gasteiger partial charge in [-0.05, 0) is 92.4 Å². The summed E-state index contributed by atoms with van der Waals surface area (Å²) in [6.45, 7) is 4.19. The Labute approximate surface area is 193 Å². The number of hydrogen-bond donors (Lipinski definition) is 1. The van der Waals surface area contributed by atoms with E-state index in [4.69, 9.17) is 9.47 Å². The second-order valence-electron chi connectivity index (χ2n) is 11.6. The number of aryl methyl sites for hydroxylation is 1. The van der Waals surface area contributed by atoms with Crippen molar-refractivity contribution in [1.82, 2.24) is 0 Å². The SMILES string of the molecule is COc1ccc2c(c1)CCC1C2CCC2(C)C1CC(C)(O)C2OC(=O)CCC1CCCC1. The Morgan fingerprint density at radius 3 is 2.69 bits per heavy atom. The standard InChI is InChI=1S/C28H40O4/c1-27-15-14-22-21-12-10-20(31-3)16-19(21)9-11-23(22)24(27)17-28(2,30)26(27)32-25(29)13-8-18-6-4-5-7-18/h10,12,16,18,22-24,26,30H,4-9,11,13-15,17H2,1-3H3. The van der Waals surface area contributed by atoms with Crippen LogP contribution < -0.4 is 4.74 Å². The predicted octanol–water partition coefficient (Wildman–Crippen LogP) is 5.79. The van der Waals surface area contributed by atoms with Gasteiger partial charge in [0.25, 0.3) is 0 Å². The Kier molecular flexibility index (Phi) is 5.80. The van der Waals surface area contributed by atoms with Crippen LogP contribution in [0.4, 0.5) is 0 Å². The highest BCUT2D eigenvalue weighted by Crippen LogP contribution is 2.64. The molecule has 0 radical (unpaired) electrons. The van der Waals surface area contributed by atoms with E-state index in [0.717, 1.165) is 44.3 Å². The van der Waals surface area contributed by atoms with Crippen LogP contribution >= 0.6 is 0 Å². The van der Waals surface area contributed by atoms with Crippen LogP contribution in [-0.2, 0) is 16.0 Å². The number of esters is 1. The lowest BCUT2D eigenvalue weighted by Gasteiger charge is -2.50. The minimum atomic E-state index is -0.947. The molecule has 1 N–H and O–H groups in total. The Morgan fingerprint density at radius 2 is 1.94 bits per heavy atom. The van der Waals surface area contributed by atoms with Gasteiger partial charge >= 0.3 is 5.97 Å². The zero-order chi connectivity index (χ0) is 22.5. The van der Waals surface area contributed by atoms with Crippen LogP contribution in [0.25, 0.3) is 0 Å². The number of methoxy groups -OCH3 is 1. The fraction of sp³-hybridized carbons (Fsp3) is 0.750. The molecule has 4 nitrogen and oxygen atoms in total. The maximum atomic E-state index is 12.8. The molecule has 4 heteroatoms. The number of ether oxygens (including phenoxy) is 2.